The Hall–Kier alpha value is -3.15. The Morgan fingerprint density at radius 3 is 2.63 bits per heavy atom. The average Bonchev–Trinajstić information content (AvgIpc) is 3.14. The van der Waals surface area contributed by atoms with E-state index in [1.807, 2.05) is 55.5 Å². The van der Waals surface area contributed by atoms with Gasteiger partial charge in [0.05, 0.1) is 0 Å². The number of benzene rings is 2. The first-order valence-corrected chi connectivity index (χ1v) is 8.79. The van der Waals surface area contributed by atoms with Gasteiger partial charge in [-0.3, -0.25) is 0 Å². The van der Waals surface area contributed by atoms with Gasteiger partial charge in [-0.2, -0.15) is 0 Å². The molecule has 0 bridgehead atoms. The Morgan fingerprint density at radius 2 is 1.89 bits per heavy atom. The van der Waals surface area contributed by atoms with Crippen molar-refractivity contribution >= 4 is 5.97 Å². The molecule has 140 valence electrons. The number of nitrogens with zero attached hydrogens (tertiary/aromatic N) is 2. The monoisotopic (exact) mass is 366 g/mol. The lowest BCUT2D eigenvalue weighted by Crippen LogP contribution is -2.15. The zero-order valence-electron chi connectivity index (χ0n) is 15.6. The number of rotatable bonds is 7. The fourth-order valence-corrected chi connectivity index (χ4v) is 2.57. The van der Waals surface area contributed by atoms with E-state index in [2.05, 4.69) is 24.0 Å². The minimum absolute atomic E-state index is 0.0904. The van der Waals surface area contributed by atoms with Gasteiger partial charge in [0.2, 0.25) is 5.89 Å². The fourth-order valence-electron chi connectivity index (χ4n) is 2.57. The highest BCUT2D eigenvalue weighted by Gasteiger charge is 2.13. The lowest BCUT2D eigenvalue weighted by Gasteiger charge is -2.14. The maximum Gasteiger partial charge on any atom is 0.344 e. The van der Waals surface area contributed by atoms with Crippen molar-refractivity contribution in [2.45, 2.75) is 33.3 Å². The van der Waals surface area contributed by atoms with Crippen LogP contribution in [0.1, 0.15) is 36.8 Å². The third-order valence-corrected chi connectivity index (χ3v) is 3.98. The quantitative estimate of drug-likeness (QED) is 0.581. The highest BCUT2D eigenvalue weighted by Crippen LogP contribution is 2.27. The predicted octanol–water partition coefficient (Wildman–Crippen LogP) is 4.29. The van der Waals surface area contributed by atoms with E-state index in [0.717, 1.165) is 16.7 Å². The number of ether oxygens (including phenoxy) is 2. The normalized spacial score (nSPS) is 10.8. The molecule has 0 aliphatic heterocycles. The van der Waals surface area contributed by atoms with E-state index in [9.17, 15) is 4.79 Å². The van der Waals surface area contributed by atoms with Crippen molar-refractivity contribution in [3.63, 3.8) is 0 Å². The molecule has 0 saturated carbocycles. The first-order valence-electron chi connectivity index (χ1n) is 8.79. The molecular formula is C21H22N2O4. The van der Waals surface area contributed by atoms with Gasteiger partial charge in [0.1, 0.15) is 5.75 Å². The maximum absolute atomic E-state index is 12.0. The first-order chi connectivity index (χ1) is 13.0. The minimum atomic E-state index is -0.495. The smallest absolute Gasteiger partial charge is 0.344 e. The molecule has 2 aromatic carbocycles. The largest absolute Gasteiger partial charge is 0.482 e. The van der Waals surface area contributed by atoms with Crippen molar-refractivity contribution < 1.29 is 18.7 Å². The first kappa shape index (κ1) is 18.6. The molecule has 6 nitrogen and oxygen atoms in total. The highest BCUT2D eigenvalue weighted by atomic mass is 16.6. The van der Waals surface area contributed by atoms with Crippen LogP contribution in [-0.2, 0) is 16.1 Å². The van der Waals surface area contributed by atoms with Crippen molar-refractivity contribution in [1.29, 1.82) is 0 Å². The van der Waals surface area contributed by atoms with Crippen LogP contribution in [0.2, 0.25) is 0 Å². The summed E-state index contributed by atoms with van der Waals surface area (Å²) in [5.74, 6) is 1.13. The van der Waals surface area contributed by atoms with E-state index in [1.54, 1.807) is 0 Å². The summed E-state index contributed by atoms with van der Waals surface area (Å²) in [7, 11) is 0. The lowest BCUT2D eigenvalue weighted by molar-refractivity contribution is -0.148. The van der Waals surface area contributed by atoms with Gasteiger partial charge in [0, 0.05) is 5.56 Å². The summed E-state index contributed by atoms with van der Waals surface area (Å²) in [5, 5.41) is 7.86. The fraction of sp³-hybridized carbons (Fsp3) is 0.286. The minimum Gasteiger partial charge on any atom is -0.482 e. The molecule has 6 heteroatoms. The number of aromatic nitrogens is 2. The zero-order chi connectivity index (χ0) is 19.2. The van der Waals surface area contributed by atoms with E-state index in [0.29, 0.717) is 17.6 Å². The molecule has 0 fully saturated rings. The number of carbonyl (C=O) groups is 1. The average molecular weight is 366 g/mol. The van der Waals surface area contributed by atoms with Crippen molar-refractivity contribution in [3.8, 4) is 17.2 Å². The summed E-state index contributed by atoms with van der Waals surface area (Å²) in [6.45, 7) is 5.87. The van der Waals surface area contributed by atoms with Crippen molar-refractivity contribution in [1.82, 2.24) is 10.2 Å². The van der Waals surface area contributed by atoms with Crippen LogP contribution in [0, 0.1) is 6.92 Å². The number of hydrogen-bond donors (Lipinski definition) is 0. The molecule has 0 radical (unpaired) electrons. The maximum atomic E-state index is 12.0. The van der Waals surface area contributed by atoms with Crippen LogP contribution in [0.25, 0.3) is 11.5 Å². The standard InChI is InChI=1S/C21H22N2O4/c1-14(2)17-10-9-15(3)11-18(17)25-13-20(24)26-12-19-22-23-21(27-19)16-7-5-4-6-8-16/h4-11,14H,12-13H2,1-3H3. The Labute approximate surface area is 158 Å². The number of esters is 1. The summed E-state index contributed by atoms with van der Waals surface area (Å²) in [6, 6.07) is 15.4. The predicted molar refractivity (Wildman–Crippen MR) is 100 cm³/mol. The molecule has 27 heavy (non-hydrogen) atoms. The summed E-state index contributed by atoms with van der Waals surface area (Å²) >= 11 is 0. The van der Waals surface area contributed by atoms with Crippen LogP contribution in [0.15, 0.2) is 52.9 Å². The van der Waals surface area contributed by atoms with Gasteiger partial charge in [0.15, 0.2) is 13.2 Å². The topological polar surface area (TPSA) is 74.5 Å². The number of aryl methyl sites for hydroxylation is 1. The third kappa shape index (κ3) is 4.94. The molecule has 1 aromatic heterocycles. The van der Waals surface area contributed by atoms with Crippen molar-refractivity contribution in [2.75, 3.05) is 6.61 Å². The summed E-state index contributed by atoms with van der Waals surface area (Å²) < 4.78 is 16.3. The van der Waals surface area contributed by atoms with Crippen LogP contribution in [0.3, 0.4) is 0 Å². The lowest BCUT2D eigenvalue weighted by atomic mass is 10.0. The summed E-state index contributed by atoms with van der Waals surface area (Å²) in [5.41, 5.74) is 2.94. The van der Waals surface area contributed by atoms with E-state index in [1.165, 1.54) is 0 Å². The van der Waals surface area contributed by atoms with Gasteiger partial charge >= 0.3 is 5.97 Å². The molecule has 0 unspecified atom stereocenters. The zero-order valence-corrected chi connectivity index (χ0v) is 15.6. The molecule has 0 N–H and O–H groups in total. The van der Waals surface area contributed by atoms with Gasteiger partial charge in [-0.15, -0.1) is 10.2 Å². The SMILES string of the molecule is Cc1ccc(C(C)C)c(OCC(=O)OCc2nnc(-c3ccccc3)o2)c1. The van der Waals surface area contributed by atoms with Gasteiger partial charge in [-0.1, -0.05) is 44.2 Å². The molecule has 1 heterocycles. The summed E-state index contributed by atoms with van der Waals surface area (Å²) in [6.07, 6.45) is 0. The van der Waals surface area contributed by atoms with Gasteiger partial charge < -0.3 is 13.9 Å². The second kappa shape index (κ2) is 8.49. The van der Waals surface area contributed by atoms with Crippen LogP contribution in [-0.4, -0.2) is 22.8 Å². The molecule has 0 saturated heterocycles. The van der Waals surface area contributed by atoms with Gasteiger partial charge in [0.25, 0.3) is 5.89 Å². The molecule has 0 aliphatic rings. The van der Waals surface area contributed by atoms with E-state index >= 15 is 0 Å². The molecule has 0 atom stereocenters. The second-order valence-electron chi connectivity index (χ2n) is 6.51. The Bertz CT molecular complexity index is 904. The Balaban J connectivity index is 1.54. The van der Waals surface area contributed by atoms with Crippen LogP contribution in [0.4, 0.5) is 0 Å². The van der Waals surface area contributed by atoms with Crippen LogP contribution < -0.4 is 4.74 Å². The van der Waals surface area contributed by atoms with Crippen molar-refractivity contribution in [2.24, 2.45) is 0 Å². The second-order valence-corrected chi connectivity index (χ2v) is 6.51. The third-order valence-electron chi connectivity index (χ3n) is 3.98. The molecule has 3 rings (SSSR count). The van der Waals surface area contributed by atoms with Crippen LogP contribution >= 0.6 is 0 Å². The van der Waals surface area contributed by atoms with Gasteiger partial charge in [-0.05, 0) is 42.2 Å². The molecule has 0 spiro atoms. The molecule has 3 aromatic rings. The molecule has 0 amide bonds. The molecular weight excluding hydrogens is 344 g/mol. The Morgan fingerprint density at radius 1 is 1.11 bits per heavy atom. The number of hydrogen-bond acceptors (Lipinski definition) is 6. The van der Waals surface area contributed by atoms with E-state index < -0.39 is 5.97 Å². The highest BCUT2D eigenvalue weighted by molar-refractivity contribution is 5.71. The molecule has 0 aliphatic carbocycles. The Kier molecular flexibility index (Phi) is 5.86. The van der Waals surface area contributed by atoms with Crippen LogP contribution in [0.5, 0.6) is 5.75 Å². The van der Waals surface area contributed by atoms with E-state index in [-0.39, 0.29) is 19.1 Å². The van der Waals surface area contributed by atoms with Gasteiger partial charge in [-0.25, -0.2) is 4.79 Å². The van der Waals surface area contributed by atoms with E-state index in [4.69, 9.17) is 13.9 Å². The summed E-state index contributed by atoms with van der Waals surface area (Å²) in [4.78, 5) is 12.0. The number of carbonyl (C=O) groups excluding carboxylic acids is 1. The van der Waals surface area contributed by atoms with Crippen molar-refractivity contribution in [3.05, 3.63) is 65.5 Å².